The molecule has 0 saturated carbocycles. The number of amides is 1. The van der Waals surface area contributed by atoms with Gasteiger partial charge in [0.1, 0.15) is 11.8 Å². The Bertz CT molecular complexity index is 626. The first-order valence-electron chi connectivity index (χ1n) is 6.61. The van der Waals surface area contributed by atoms with Gasteiger partial charge in [-0.2, -0.15) is 0 Å². The van der Waals surface area contributed by atoms with Crippen LogP contribution in [0.25, 0.3) is 0 Å². The van der Waals surface area contributed by atoms with Crippen molar-refractivity contribution in [1.82, 2.24) is 0 Å². The Labute approximate surface area is 117 Å². The lowest BCUT2D eigenvalue weighted by Gasteiger charge is -2.13. The fourth-order valence-electron chi connectivity index (χ4n) is 2.30. The molecular weight excluding hydrogens is 252 g/mol. The van der Waals surface area contributed by atoms with Crippen LogP contribution in [0.4, 0.5) is 5.69 Å². The molecule has 0 unspecified atom stereocenters. The van der Waals surface area contributed by atoms with Crippen LogP contribution >= 0.6 is 0 Å². The number of hydrogen-bond donors (Lipinski definition) is 2. The van der Waals surface area contributed by atoms with Crippen LogP contribution in [0.3, 0.4) is 0 Å². The second-order valence-corrected chi connectivity index (χ2v) is 4.80. The van der Waals surface area contributed by atoms with Gasteiger partial charge in [0.15, 0.2) is 0 Å². The van der Waals surface area contributed by atoms with E-state index >= 15 is 0 Å². The standard InChI is InChI=1S/C16H16N2O2/c17-15(11-4-2-1-3-5-11)16(19)18-13-6-7-14-12(10-13)8-9-20-14/h1-7,10,15H,8-9,17H2,(H,18,19)/t15-/m1/s1. The number of benzene rings is 2. The van der Waals surface area contributed by atoms with Crippen molar-refractivity contribution in [2.24, 2.45) is 5.73 Å². The lowest BCUT2D eigenvalue weighted by atomic mass is 10.1. The third-order valence-corrected chi connectivity index (χ3v) is 3.40. The molecule has 0 saturated heterocycles. The van der Waals surface area contributed by atoms with E-state index in [1.807, 2.05) is 48.5 Å². The lowest BCUT2D eigenvalue weighted by Crippen LogP contribution is -2.27. The van der Waals surface area contributed by atoms with E-state index in [2.05, 4.69) is 5.32 Å². The zero-order chi connectivity index (χ0) is 13.9. The van der Waals surface area contributed by atoms with E-state index in [1.54, 1.807) is 0 Å². The van der Waals surface area contributed by atoms with E-state index < -0.39 is 6.04 Å². The lowest BCUT2D eigenvalue weighted by molar-refractivity contribution is -0.117. The van der Waals surface area contributed by atoms with E-state index in [4.69, 9.17) is 10.5 Å². The van der Waals surface area contributed by atoms with Crippen LogP contribution in [0.2, 0.25) is 0 Å². The molecule has 20 heavy (non-hydrogen) atoms. The topological polar surface area (TPSA) is 64.4 Å². The van der Waals surface area contributed by atoms with Gasteiger partial charge in [-0.05, 0) is 29.3 Å². The molecule has 4 heteroatoms. The Balaban J connectivity index is 1.73. The largest absolute Gasteiger partial charge is 0.493 e. The fourth-order valence-corrected chi connectivity index (χ4v) is 2.30. The zero-order valence-electron chi connectivity index (χ0n) is 11.0. The molecule has 1 aliphatic rings. The molecule has 1 aliphatic heterocycles. The molecule has 102 valence electrons. The molecule has 2 aromatic rings. The van der Waals surface area contributed by atoms with E-state index in [0.29, 0.717) is 6.61 Å². The molecule has 1 amide bonds. The number of anilines is 1. The van der Waals surface area contributed by atoms with Gasteiger partial charge < -0.3 is 15.8 Å². The minimum Gasteiger partial charge on any atom is -0.493 e. The number of nitrogens with two attached hydrogens (primary N) is 1. The predicted molar refractivity (Wildman–Crippen MR) is 77.6 cm³/mol. The van der Waals surface area contributed by atoms with Gasteiger partial charge in [0.05, 0.1) is 6.61 Å². The van der Waals surface area contributed by atoms with E-state index in [9.17, 15) is 4.79 Å². The molecular formula is C16H16N2O2. The van der Waals surface area contributed by atoms with Crippen LogP contribution in [0.5, 0.6) is 5.75 Å². The maximum Gasteiger partial charge on any atom is 0.245 e. The second kappa shape index (κ2) is 5.35. The third kappa shape index (κ3) is 2.51. The molecule has 0 spiro atoms. The first-order valence-corrected chi connectivity index (χ1v) is 6.61. The van der Waals surface area contributed by atoms with E-state index in [-0.39, 0.29) is 5.91 Å². The van der Waals surface area contributed by atoms with Crippen molar-refractivity contribution in [2.45, 2.75) is 12.5 Å². The third-order valence-electron chi connectivity index (χ3n) is 3.40. The smallest absolute Gasteiger partial charge is 0.245 e. The van der Waals surface area contributed by atoms with Crippen LogP contribution in [-0.4, -0.2) is 12.5 Å². The van der Waals surface area contributed by atoms with Gasteiger partial charge >= 0.3 is 0 Å². The van der Waals surface area contributed by atoms with E-state index in [0.717, 1.165) is 29.0 Å². The van der Waals surface area contributed by atoms with Crippen molar-refractivity contribution in [2.75, 3.05) is 11.9 Å². The molecule has 1 atom stereocenters. The Morgan fingerprint density at radius 2 is 2.00 bits per heavy atom. The minimum absolute atomic E-state index is 0.213. The number of rotatable bonds is 3. The van der Waals surface area contributed by atoms with Gasteiger partial charge in [0, 0.05) is 12.1 Å². The van der Waals surface area contributed by atoms with Crippen LogP contribution < -0.4 is 15.8 Å². The average Bonchev–Trinajstić information content (AvgIpc) is 2.95. The number of nitrogens with one attached hydrogen (secondary N) is 1. The Morgan fingerprint density at radius 1 is 1.20 bits per heavy atom. The summed E-state index contributed by atoms with van der Waals surface area (Å²) in [7, 11) is 0. The first-order chi connectivity index (χ1) is 9.74. The minimum atomic E-state index is -0.666. The van der Waals surface area contributed by atoms with Gasteiger partial charge in [-0.1, -0.05) is 30.3 Å². The molecule has 2 aromatic carbocycles. The van der Waals surface area contributed by atoms with Gasteiger partial charge in [-0.15, -0.1) is 0 Å². The number of ether oxygens (including phenoxy) is 1. The van der Waals surface area contributed by atoms with Crippen molar-refractivity contribution in [3.63, 3.8) is 0 Å². The number of fused-ring (bicyclic) bond motifs is 1. The van der Waals surface area contributed by atoms with Gasteiger partial charge in [0.2, 0.25) is 5.91 Å². The zero-order valence-corrected chi connectivity index (χ0v) is 11.0. The molecule has 3 N–H and O–H groups in total. The highest BCUT2D eigenvalue weighted by molar-refractivity contribution is 5.95. The summed E-state index contributed by atoms with van der Waals surface area (Å²) < 4.78 is 5.44. The van der Waals surface area contributed by atoms with Gasteiger partial charge in [0.25, 0.3) is 0 Å². The normalized spacial score (nSPS) is 14.2. The first kappa shape index (κ1) is 12.7. The highest BCUT2D eigenvalue weighted by atomic mass is 16.5. The molecule has 0 aromatic heterocycles. The summed E-state index contributed by atoms with van der Waals surface area (Å²) in [6, 6.07) is 14.3. The van der Waals surface area contributed by atoms with Crippen LogP contribution in [0.15, 0.2) is 48.5 Å². The summed E-state index contributed by atoms with van der Waals surface area (Å²) in [6.07, 6.45) is 0.879. The van der Waals surface area contributed by atoms with Crippen LogP contribution in [0, 0.1) is 0 Å². The number of hydrogen-bond acceptors (Lipinski definition) is 3. The molecule has 0 aliphatic carbocycles. The molecule has 4 nitrogen and oxygen atoms in total. The van der Waals surface area contributed by atoms with E-state index in [1.165, 1.54) is 0 Å². The summed E-state index contributed by atoms with van der Waals surface area (Å²) in [5, 5.41) is 2.85. The molecule has 1 heterocycles. The summed E-state index contributed by atoms with van der Waals surface area (Å²) in [4.78, 5) is 12.1. The second-order valence-electron chi connectivity index (χ2n) is 4.80. The monoisotopic (exact) mass is 268 g/mol. The summed E-state index contributed by atoms with van der Waals surface area (Å²) in [5.41, 5.74) is 8.64. The molecule has 3 rings (SSSR count). The van der Waals surface area contributed by atoms with Gasteiger partial charge in [-0.25, -0.2) is 0 Å². The van der Waals surface area contributed by atoms with Crippen molar-refractivity contribution in [3.8, 4) is 5.75 Å². The van der Waals surface area contributed by atoms with Crippen molar-refractivity contribution in [1.29, 1.82) is 0 Å². The summed E-state index contributed by atoms with van der Waals surface area (Å²) in [6.45, 7) is 0.705. The fraction of sp³-hybridized carbons (Fsp3) is 0.188. The molecule has 0 fully saturated rings. The van der Waals surface area contributed by atoms with Gasteiger partial charge in [-0.3, -0.25) is 4.79 Å². The van der Waals surface area contributed by atoms with Crippen molar-refractivity contribution < 1.29 is 9.53 Å². The van der Waals surface area contributed by atoms with Crippen molar-refractivity contribution >= 4 is 11.6 Å². The maximum absolute atomic E-state index is 12.1. The van der Waals surface area contributed by atoms with Crippen molar-refractivity contribution in [3.05, 3.63) is 59.7 Å². The quantitative estimate of drug-likeness (QED) is 0.897. The highest BCUT2D eigenvalue weighted by Crippen LogP contribution is 2.28. The SMILES string of the molecule is N[C@@H](C(=O)Nc1ccc2c(c1)CCO2)c1ccccc1. The Kier molecular flexibility index (Phi) is 3.39. The average molecular weight is 268 g/mol. The molecule has 0 radical (unpaired) electrons. The number of carbonyl (C=O) groups excluding carboxylic acids is 1. The van der Waals surface area contributed by atoms with Crippen LogP contribution in [0.1, 0.15) is 17.2 Å². The Morgan fingerprint density at radius 3 is 2.80 bits per heavy atom. The highest BCUT2D eigenvalue weighted by Gasteiger charge is 2.17. The molecule has 0 bridgehead atoms. The van der Waals surface area contributed by atoms with Crippen LogP contribution in [-0.2, 0) is 11.2 Å². The summed E-state index contributed by atoms with van der Waals surface area (Å²) in [5.74, 6) is 0.686. The number of carbonyl (C=O) groups is 1. The predicted octanol–water partition coefficient (Wildman–Crippen LogP) is 2.26. The Hall–Kier alpha value is -2.33. The summed E-state index contributed by atoms with van der Waals surface area (Å²) >= 11 is 0. The maximum atomic E-state index is 12.1.